The summed E-state index contributed by atoms with van der Waals surface area (Å²) >= 11 is 1.63. The topological polar surface area (TPSA) is 46.1 Å². The maximum Gasteiger partial charge on any atom is 0.233 e. The van der Waals surface area contributed by atoms with Crippen LogP contribution in [0.5, 0.6) is 0 Å². The molecule has 5 heteroatoms. The number of hydrogen-bond donors (Lipinski definition) is 0. The number of para-hydroxylation sites is 1. The molecule has 0 N–H and O–H groups in total. The third kappa shape index (κ3) is 3.83. The zero-order valence-corrected chi connectivity index (χ0v) is 15.4. The van der Waals surface area contributed by atoms with Crippen molar-refractivity contribution in [3.05, 3.63) is 76.0 Å². The molecule has 132 valence electrons. The lowest BCUT2D eigenvalue weighted by Crippen LogP contribution is -2.36. The first-order valence-corrected chi connectivity index (χ1v) is 9.89. The number of thiazole rings is 1. The van der Waals surface area contributed by atoms with E-state index in [-0.39, 0.29) is 5.91 Å². The molecule has 1 amide bonds. The molecule has 0 bridgehead atoms. The highest BCUT2D eigenvalue weighted by Crippen LogP contribution is 2.27. The highest BCUT2D eigenvalue weighted by Gasteiger charge is 2.22. The molecular formula is C21H21N3OS. The van der Waals surface area contributed by atoms with Gasteiger partial charge in [-0.2, -0.15) is 0 Å². The molecule has 0 atom stereocenters. The number of anilines is 1. The van der Waals surface area contributed by atoms with Crippen LogP contribution in [0.3, 0.4) is 0 Å². The van der Waals surface area contributed by atoms with E-state index in [1.54, 1.807) is 11.3 Å². The van der Waals surface area contributed by atoms with Gasteiger partial charge in [-0.25, -0.2) is 4.98 Å². The summed E-state index contributed by atoms with van der Waals surface area (Å²) in [5, 5.41) is 3.08. The zero-order chi connectivity index (χ0) is 17.8. The SMILES string of the molecule is O=C(Cc1csc(CCc2ccccn2)n1)N1CCCc2ccccc21. The molecule has 1 aliphatic rings. The van der Waals surface area contributed by atoms with Gasteiger partial charge in [0.2, 0.25) is 5.91 Å². The van der Waals surface area contributed by atoms with Gasteiger partial charge >= 0.3 is 0 Å². The van der Waals surface area contributed by atoms with Gasteiger partial charge < -0.3 is 4.90 Å². The highest BCUT2D eigenvalue weighted by atomic mass is 32.1. The Balaban J connectivity index is 1.39. The van der Waals surface area contributed by atoms with E-state index in [1.807, 2.05) is 52.9 Å². The molecule has 0 fully saturated rings. The summed E-state index contributed by atoms with van der Waals surface area (Å²) < 4.78 is 0. The van der Waals surface area contributed by atoms with Gasteiger partial charge in [0.15, 0.2) is 0 Å². The molecule has 0 radical (unpaired) electrons. The van der Waals surface area contributed by atoms with E-state index >= 15 is 0 Å². The Bertz CT molecular complexity index is 891. The van der Waals surface area contributed by atoms with Crippen LogP contribution >= 0.6 is 11.3 Å². The van der Waals surface area contributed by atoms with E-state index in [1.165, 1.54) is 5.56 Å². The van der Waals surface area contributed by atoms with Crippen LogP contribution in [0.1, 0.15) is 28.4 Å². The van der Waals surface area contributed by atoms with Crippen LogP contribution in [0.2, 0.25) is 0 Å². The van der Waals surface area contributed by atoms with Gasteiger partial charge in [-0.3, -0.25) is 9.78 Å². The number of rotatable bonds is 5. The number of aromatic nitrogens is 2. The van der Waals surface area contributed by atoms with Crippen molar-refractivity contribution in [1.82, 2.24) is 9.97 Å². The van der Waals surface area contributed by atoms with E-state index in [0.717, 1.165) is 54.3 Å². The third-order valence-electron chi connectivity index (χ3n) is 4.66. The summed E-state index contributed by atoms with van der Waals surface area (Å²) in [5.41, 5.74) is 4.28. The summed E-state index contributed by atoms with van der Waals surface area (Å²) in [6.07, 6.45) is 6.00. The number of nitrogens with zero attached hydrogens (tertiary/aromatic N) is 3. The van der Waals surface area contributed by atoms with Gasteiger partial charge in [-0.05, 0) is 43.0 Å². The minimum atomic E-state index is 0.138. The second-order valence-corrected chi connectivity index (χ2v) is 7.45. The summed E-state index contributed by atoms with van der Waals surface area (Å²) in [4.78, 5) is 23.7. The molecule has 2 aromatic heterocycles. The van der Waals surface area contributed by atoms with Crippen LogP contribution in [-0.4, -0.2) is 22.4 Å². The molecule has 0 spiro atoms. The standard InChI is InChI=1S/C21H21N3OS/c25-21(24-13-5-7-16-6-1-2-9-19(16)24)14-18-15-26-20(23-18)11-10-17-8-3-4-12-22-17/h1-4,6,8-9,12,15H,5,7,10-11,13-14H2. The Morgan fingerprint density at radius 1 is 1.08 bits per heavy atom. The number of carbonyl (C=O) groups is 1. The van der Waals surface area contributed by atoms with Crippen molar-refractivity contribution in [2.75, 3.05) is 11.4 Å². The number of benzene rings is 1. The van der Waals surface area contributed by atoms with Crippen LogP contribution in [0, 0.1) is 0 Å². The van der Waals surface area contributed by atoms with E-state index in [0.29, 0.717) is 6.42 Å². The number of aryl methyl sites for hydroxylation is 3. The summed E-state index contributed by atoms with van der Waals surface area (Å²) in [6, 6.07) is 14.2. The van der Waals surface area contributed by atoms with Crippen LogP contribution < -0.4 is 4.90 Å². The number of hydrogen-bond acceptors (Lipinski definition) is 4. The Morgan fingerprint density at radius 2 is 1.96 bits per heavy atom. The predicted octanol–water partition coefficient (Wildman–Crippen LogP) is 3.85. The fourth-order valence-corrected chi connectivity index (χ4v) is 4.17. The number of pyridine rings is 1. The summed E-state index contributed by atoms with van der Waals surface area (Å²) in [6.45, 7) is 0.798. The van der Waals surface area contributed by atoms with Crippen molar-refractivity contribution in [1.29, 1.82) is 0 Å². The first-order valence-electron chi connectivity index (χ1n) is 9.01. The molecule has 0 aliphatic carbocycles. The van der Waals surface area contributed by atoms with E-state index < -0.39 is 0 Å². The molecule has 3 heterocycles. The molecule has 4 rings (SSSR count). The smallest absolute Gasteiger partial charge is 0.233 e. The molecule has 26 heavy (non-hydrogen) atoms. The maximum atomic E-state index is 12.8. The second-order valence-electron chi connectivity index (χ2n) is 6.51. The predicted molar refractivity (Wildman–Crippen MR) is 105 cm³/mol. The van der Waals surface area contributed by atoms with Crippen molar-refractivity contribution in [2.45, 2.75) is 32.1 Å². The lowest BCUT2D eigenvalue weighted by Gasteiger charge is -2.29. The van der Waals surface area contributed by atoms with Gasteiger partial charge in [0.1, 0.15) is 0 Å². The Hall–Kier alpha value is -2.53. The van der Waals surface area contributed by atoms with Gasteiger partial charge in [0.25, 0.3) is 0 Å². The molecule has 0 saturated heterocycles. The van der Waals surface area contributed by atoms with E-state index in [9.17, 15) is 4.79 Å². The van der Waals surface area contributed by atoms with E-state index in [2.05, 4.69) is 16.0 Å². The van der Waals surface area contributed by atoms with Crippen molar-refractivity contribution < 1.29 is 4.79 Å². The van der Waals surface area contributed by atoms with Crippen LogP contribution in [0.15, 0.2) is 54.0 Å². The third-order valence-corrected chi connectivity index (χ3v) is 5.62. The molecule has 1 aromatic carbocycles. The number of fused-ring (bicyclic) bond motifs is 1. The number of carbonyl (C=O) groups excluding carboxylic acids is 1. The van der Waals surface area contributed by atoms with Crippen molar-refractivity contribution in [3.63, 3.8) is 0 Å². The highest BCUT2D eigenvalue weighted by molar-refractivity contribution is 7.09. The quantitative estimate of drug-likeness (QED) is 0.692. The van der Waals surface area contributed by atoms with E-state index in [4.69, 9.17) is 0 Å². The van der Waals surface area contributed by atoms with Gasteiger partial charge in [-0.15, -0.1) is 11.3 Å². The Morgan fingerprint density at radius 3 is 2.85 bits per heavy atom. The first-order chi connectivity index (χ1) is 12.8. The summed E-state index contributed by atoms with van der Waals surface area (Å²) in [7, 11) is 0. The van der Waals surface area contributed by atoms with Gasteiger partial charge in [0, 0.05) is 35.9 Å². The Kier molecular flexibility index (Phi) is 5.07. The lowest BCUT2D eigenvalue weighted by atomic mass is 10.0. The van der Waals surface area contributed by atoms with Crippen LogP contribution in [-0.2, 0) is 30.5 Å². The maximum absolute atomic E-state index is 12.8. The largest absolute Gasteiger partial charge is 0.312 e. The van der Waals surface area contributed by atoms with Crippen LogP contribution in [0.25, 0.3) is 0 Å². The fourth-order valence-electron chi connectivity index (χ4n) is 3.37. The molecule has 0 saturated carbocycles. The number of amides is 1. The van der Waals surface area contributed by atoms with Gasteiger partial charge in [0.05, 0.1) is 17.1 Å². The second kappa shape index (κ2) is 7.79. The molecular weight excluding hydrogens is 342 g/mol. The first kappa shape index (κ1) is 16.9. The van der Waals surface area contributed by atoms with Crippen molar-refractivity contribution in [3.8, 4) is 0 Å². The molecule has 1 aliphatic heterocycles. The monoisotopic (exact) mass is 363 g/mol. The van der Waals surface area contributed by atoms with Crippen molar-refractivity contribution >= 4 is 22.9 Å². The average molecular weight is 363 g/mol. The Labute approximate surface area is 157 Å². The fraction of sp³-hybridized carbons (Fsp3) is 0.286. The minimum Gasteiger partial charge on any atom is -0.312 e. The molecule has 4 nitrogen and oxygen atoms in total. The average Bonchev–Trinajstić information content (AvgIpc) is 3.14. The minimum absolute atomic E-state index is 0.138. The van der Waals surface area contributed by atoms with Gasteiger partial charge in [-0.1, -0.05) is 24.3 Å². The molecule has 3 aromatic rings. The van der Waals surface area contributed by atoms with Crippen molar-refractivity contribution in [2.24, 2.45) is 0 Å². The zero-order valence-electron chi connectivity index (χ0n) is 14.6. The summed E-state index contributed by atoms with van der Waals surface area (Å²) in [5.74, 6) is 0.138. The molecule has 0 unspecified atom stereocenters. The van der Waals surface area contributed by atoms with Crippen LogP contribution in [0.4, 0.5) is 5.69 Å². The normalized spacial score (nSPS) is 13.5. The lowest BCUT2D eigenvalue weighted by molar-refractivity contribution is -0.118.